The van der Waals surface area contributed by atoms with Crippen LogP contribution in [0.15, 0.2) is 54.6 Å². The molecule has 0 aliphatic heterocycles. The molecule has 0 aliphatic carbocycles. The minimum atomic E-state index is -0.454. The number of anilines is 1. The van der Waals surface area contributed by atoms with E-state index in [1.165, 1.54) is 5.56 Å². The zero-order valence-corrected chi connectivity index (χ0v) is 16.6. The molecule has 4 rings (SSSR count). The van der Waals surface area contributed by atoms with Crippen LogP contribution in [-0.4, -0.2) is 26.6 Å². The summed E-state index contributed by atoms with van der Waals surface area (Å²) in [5.41, 5.74) is 10.5. The summed E-state index contributed by atoms with van der Waals surface area (Å²) in [5.74, 6) is -0.107. The highest BCUT2D eigenvalue weighted by atomic mass is 16.5. The molecule has 0 saturated heterocycles. The van der Waals surface area contributed by atoms with Gasteiger partial charge < -0.3 is 15.0 Å². The second kappa shape index (κ2) is 7.91. The van der Waals surface area contributed by atoms with E-state index in [-0.39, 0.29) is 6.10 Å². The quantitative estimate of drug-likeness (QED) is 0.496. The van der Waals surface area contributed by atoms with Crippen LogP contribution in [0.5, 0.6) is 0 Å². The Labute approximate surface area is 169 Å². The predicted octanol–water partition coefficient (Wildman–Crippen LogP) is 4.36. The number of carbonyl (C=O) groups is 1. The highest BCUT2D eigenvalue weighted by Crippen LogP contribution is 2.29. The predicted molar refractivity (Wildman–Crippen MR) is 115 cm³/mol. The second-order valence-electron chi connectivity index (χ2n) is 7.16. The molecule has 29 heavy (non-hydrogen) atoms. The molecule has 0 unspecified atom stereocenters. The van der Waals surface area contributed by atoms with Gasteiger partial charge in [-0.3, -0.25) is 0 Å². The molecule has 2 N–H and O–H groups in total. The number of benzene rings is 2. The molecule has 0 radical (unpaired) electrons. The highest BCUT2D eigenvalue weighted by Gasteiger charge is 2.26. The van der Waals surface area contributed by atoms with Crippen LogP contribution in [0.25, 0.3) is 22.2 Å². The van der Waals surface area contributed by atoms with Crippen LogP contribution in [-0.2, 0) is 17.7 Å². The topological polar surface area (TPSA) is 83.0 Å². The number of ether oxygens (including phenoxy) is 1. The summed E-state index contributed by atoms with van der Waals surface area (Å²) in [5, 5.41) is 0. The zero-order chi connectivity index (χ0) is 20.4. The fourth-order valence-corrected chi connectivity index (χ4v) is 3.36. The summed E-state index contributed by atoms with van der Waals surface area (Å²) < 4.78 is 7.43. The van der Waals surface area contributed by atoms with E-state index in [4.69, 9.17) is 20.4 Å². The molecule has 148 valence electrons. The van der Waals surface area contributed by atoms with Gasteiger partial charge in [-0.05, 0) is 37.5 Å². The number of nitrogen functional groups attached to an aromatic ring is 1. The molecule has 4 aromatic rings. The summed E-state index contributed by atoms with van der Waals surface area (Å²) >= 11 is 0. The smallest absolute Gasteiger partial charge is 0.344 e. The first-order chi connectivity index (χ1) is 14.1. The Balaban J connectivity index is 1.83. The summed E-state index contributed by atoms with van der Waals surface area (Å²) in [6, 6.07) is 17.7. The summed E-state index contributed by atoms with van der Waals surface area (Å²) in [4.78, 5) is 22.4. The van der Waals surface area contributed by atoms with Crippen molar-refractivity contribution < 1.29 is 9.53 Å². The summed E-state index contributed by atoms with van der Waals surface area (Å²) in [6.45, 7) is 4.43. The van der Waals surface area contributed by atoms with Gasteiger partial charge in [-0.1, -0.05) is 49.4 Å². The average Bonchev–Trinajstić information content (AvgIpc) is 3.01. The Morgan fingerprint density at radius 2 is 1.72 bits per heavy atom. The molecule has 0 saturated carbocycles. The molecule has 0 fully saturated rings. The van der Waals surface area contributed by atoms with Crippen molar-refractivity contribution in [1.29, 1.82) is 0 Å². The molecule has 0 amide bonds. The van der Waals surface area contributed by atoms with Gasteiger partial charge in [0.05, 0.1) is 17.1 Å². The number of hydrogen-bond donors (Lipinski definition) is 1. The van der Waals surface area contributed by atoms with Gasteiger partial charge in [0.2, 0.25) is 0 Å². The Hall–Kier alpha value is -3.41. The number of aryl methyl sites for hydroxylation is 2. The van der Waals surface area contributed by atoms with Crippen molar-refractivity contribution in [2.75, 3.05) is 5.73 Å². The Morgan fingerprint density at radius 3 is 2.41 bits per heavy atom. The Morgan fingerprint density at radius 1 is 1.07 bits per heavy atom. The number of para-hydroxylation sites is 2. The minimum absolute atomic E-state index is 0.196. The monoisotopic (exact) mass is 388 g/mol. The molecule has 0 aliphatic rings. The van der Waals surface area contributed by atoms with Crippen molar-refractivity contribution in [3.05, 3.63) is 65.7 Å². The number of rotatable bonds is 6. The maximum absolute atomic E-state index is 12.9. The van der Waals surface area contributed by atoms with Crippen molar-refractivity contribution in [2.24, 2.45) is 0 Å². The standard InChI is InChI=1S/C23H24N4O2/c1-3-15(2)29-23(28)19-20-22(26-18-12-8-7-11-17(18)25-20)27(21(19)24)14-13-16-9-5-4-6-10-16/h4-12,15H,3,13-14,24H2,1-2H3/t15-/m1/s1. The first-order valence-electron chi connectivity index (χ1n) is 9.87. The van der Waals surface area contributed by atoms with E-state index in [1.807, 2.05) is 60.9 Å². The van der Waals surface area contributed by atoms with E-state index in [0.717, 1.165) is 23.9 Å². The van der Waals surface area contributed by atoms with Gasteiger partial charge in [0.15, 0.2) is 5.65 Å². The molecular formula is C23H24N4O2. The molecule has 0 spiro atoms. The van der Waals surface area contributed by atoms with Crippen LogP contribution in [0.4, 0.5) is 5.82 Å². The first-order valence-corrected chi connectivity index (χ1v) is 9.87. The lowest BCUT2D eigenvalue weighted by molar-refractivity contribution is 0.0338. The molecule has 6 heteroatoms. The lowest BCUT2D eigenvalue weighted by atomic mass is 10.1. The van der Waals surface area contributed by atoms with E-state index < -0.39 is 5.97 Å². The molecule has 2 aromatic heterocycles. The maximum atomic E-state index is 12.9. The van der Waals surface area contributed by atoms with Gasteiger partial charge in [-0.15, -0.1) is 0 Å². The summed E-state index contributed by atoms with van der Waals surface area (Å²) in [6.07, 6.45) is 1.30. The fourth-order valence-electron chi connectivity index (χ4n) is 3.36. The van der Waals surface area contributed by atoms with Crippen LogP contribution in [0.1, 0.15) is 36.2 Å². The van der Waals surface area contributed by atoms with Gasteiger partial charge in [-0.25, -0.2) is 14.8 Å². The van der Waals surface area contributed by atoms with E-state index in [1.54, 1.807) is 0 Å². The van der Waals surface area contributed by atoms with Crippen molar-refractivity contribution in [3.63, 3.8) is 0 Å². The van der Waals surface area contributed by atoms with Gasteiger partial charge in [0, 0.05) is 6.54 Å². The number of carbonyl (C=O) groups excluding carboxylic acids is 1. The zero-order valence-electron chi connectivity index (χ0n) is 16.6. The van der Waals surface area contributed by atoms with E-state index in [2.05, 4.69) is 12.1 Å². The SMILES string of the molecule is CC[C@@H](C)OC(=O)c1c(N)n(CCc2ccccc2)c2nc3ccccc3nc12. The number of fused-ring (bicyclic) bond motifs is 2. The Bertz CT molecular complexity index is 1170. The van der Waals surface area contributed by atoms with Crippen LogP contribution in [0, 0.1) is 0 Å². The van der Waals surface area contributed by atoms with Gasteiger partial charge in [-0.2, -0.15) is 0 Å². The third-order valence-corrected chi connectivity index (χ3v) is 5.15. The van der Waals surface area contributed by atoms with Crippen LogP contribution < -0.4 is 5.73 Å². The third kappa shape index (κ3) is 3.66. The van der Waals surface area contributed by atoms with Crippen LogP contribution in [0.2, 0.25) is 0 Å². The third-order valence-electron chi connectivity index (χ3n) is 5.15. The maximum Gasteiger partial charge on any atom is 0.344 e. The van der Waals surface area contributed by atoms with Crippen molar-refractivity contribution in [1.82, 2.24) is 14.5 Å². The van der Waals surface area contributed by atoms with E-state index in [9.17, 15) is 4.79 Å². The lowest BCUT2D eigenvalue weighted by Gasteiger charge is -2.11. The normalized spacial score (nSPS) is 12.3. The van der Waals surface area contributed by atoms with Gasteiger partial charge in [0.25, 0.3) is 0 Å². The van der Waals surface area contributed by atoms with Crippen molar-refractivity contribution in [3.8, 4) is 0 Å². The largest absolute Gasteiger partial charge is 0.459 e. The average molecular weight is 388 g/mol. The van der Waals surface area contributed by atoms with Crippen molar-refractivity contribution in [2.45, 2.75) is 39.3 Å². The van der Waals surface area contributed by atoms with E-state index >= 15 is 0 Å². The molecule has 1 atom stereocenters. The minimum Gasteiger partial charge on any atom is -0.459 e. The number of aromatic nitrogens is 3. The van der Waals surface area contributed by atoms with Gasteiger partial charge >= 0.3 is 5.97 Å². The molecular weight excluding hydrogens is 364 g/mol. The molecule has 0 bridgehead atoms. The fraction of sp³-hybridized carbons (Fsp3) is 0.261. The highest BCUT2D eigenvalue weighted by molar-refractivity contribution is 6.08. The van der Waals surface area contributed by atoms with Crippen molar-refractivity contribution >= 4 is 34.0 Å². The Kier molecular flexibility index (Phi) is 5.16. The lowest BCUT2D eigenvalue weighted by Crippen LogP contribution is -2.16. The molecule has 6 nitrogen and oxygen atoms in total. The van der Waals surface area contributed by atoms with Crippen LogP contribution >= 0.6 is 0 Å². The van der Waals surface area contributed by atoms with Crippen LogP contribution in [0.3, 0.4) is 0 Å². The number of hydrogen-bond acceptors (Lipinski definition) is 5. The molecule has 2 aromatic carbocycles. The van der Waals surface area contributed by atoms with Gasteiger partial charge in [0.1, 0.15) is 16.9 Å². The number of esters is 1. The number of nitrogens with two attached hydrogens (primary N) is 1. The molecule has 2 heterocycles. The first kappa shape index (κ1) is 18.9. The van der Waals surface area contributed by atoms with E-state index in [0.29, 0.717) is 29.1 Å². The number of nitrogens with zero attached hydrogens (tertiary/aromatic N) is 3. The summed E-state index contributed by atoms with van der Waals surface area (Å²) in [7, 11) is 0. The second-order valence-corrected chi connectivity index (χ2v) is 7.16.